The Kier molecular flexibility index (Phi) is 6.45. The number of nitrogens with zero attached hydrogens (tertiary/aromatic N) is 2. The van der Waals surface area contributed by atoms with E-state index in [1.165, 1.54) is 50.0 Å². The van der Waals surface area contributed by atoms with Crippen LogP contribution in [-0.4, -0.2) is 33.9 Å². The van der Waals surface area contributed by atoms with Gasteiger partial charge in [-0.3, -0.25) is 8.51 Å². The van der Waals surface area contributed by atoms with Crippen LogP contribution in [0, 0.1) is 0 Å². The molecule has 146 valence electrons. The highest BCUT2D eigenvalue weighted by Crippen LogP contribution is 2.40. The van der Waals surface area contributed by atoms with Gasteiger partial charge in [0.15, 0.2) is 0 Å². The molecule has 0 N–H and O–H groups in total. The van der Waals surface area contributed by atoms with E-state index in [9.17, 15) is 13.6 Å². The van der Waals surface area contributed by atoms with E-state index in [1.807, 2.05) is 24.3 Å². The molecule has 1 aromatic heterocycles. The zero-order chi connectivity index (χ0) is 20.3. The molecule has 2 aromatic carbocycles. The fraction of sp³-hybridized carbons (Fsp3) is 0.111. The number of carbonyl (C=O) groups is 1. The van der Waals surface area contributed by atoms with Crippen molar-refractivity contribution in [1.29, 1.82) is 0 Å². The number of halogens is 1. The van der Waals surface area contributed by atoms with E-state index in [0.29, 0.717) is 10.0 Å². The quantitative estimate of drug-likeness (QED) is 0.384. The van der Waals surface area contributed by atoms with Crippen molar-refractivity contribution in [3.63, 3.8) is 0 Å². The molecule has 0 saturated carbocycles. The second-order valence-corrected chi connectivity index (χ2v) is 8.12. The number of benzene rings is 2. The number of hydrogen-bond donors (Lipinski definition) is 0. The normalized spacial score (nSPS) is 11.7. The third kappa shape index (κ3) is 4.25. The third-order valence-electron chi connectivity index (χ3n) is 3.75. The molecular formula is C18H14BrN2O5S2-. The molecule has 0 saturated heterocycles. The van der Waals surface area contributed by atoms with Crippen LogP contribution in [-0.2, 0) is 16.0 Å². The highest BCUT2D eigenvalue weighted by molar-refractivity contribution is 9.10. The average molecular weight is 482 g/mol. The van der Waals surface area contributed by atoms with Crippen molar-refractivity contribution in [2.75, 3.05) is 18.5 Å². The molecule has 0 amide bonds. The first-order valence-corrected chi connectivity index (χ1v) is 10.5. The van der Waals surface area contributed by atoms with Gasteiger partial charge in [0, 0.05) is 10.0 Å². The number of hydrogen-bond acceptors (Lipinski definition) is 7. The van der Waals surface area contributed by atoms with Crippen LogP contribution in [0.2, 0.25) is 0 Å². The topological polar surface area (TPSA) is 91.8 Å². The van der Waals surface area contributed by atoms with Gasteiger partial charge in [-0.2, -0.15) is 0 Å². The summed E-state index contributed by atoms with van der Waals surface area (Å²) in [5, 5.41) is 1.05. The largest absolute Gasteiger partial charge is 0.755 e. The van der Waals surface area contributed by atoms with Gasteiger partial charge in [0.1, 0.15) is 15.8 Å². The Balaban J connectivity index is 2.02. The van der Waals surface area contributed by atoms with Crippen LogP contribution in [0.1, 0.15) is 10.4 Å². The van der Waals surface area contributed by atoms with Crippen LogP contribution in [0.4, 0.5) is 10.7 Å². The molecule has 28 heavy (non-hydrogen) atoms. The molecule has 3 aromatic rings. The highest BCUT2D eigenvalue weighted by atomic mass is 79.9. The summed E-state index contributed by atoms with van der Waals surface area (Å²) in [6.45, 7) is 0. The van der Waals surface area contributed by atoms with E-state index in [2.05, 4.69) is 25.7 Å². The van der Waals surface area contributed by atoms with Gasteiger partial charge in [-0.25, -0.2) is 9.78 Å². The number of carbonyl (C=O) groups excluding carboxylic acids is 1. The van der Waals surface area contributed by atoms with Gasteiger partial charge in [0.05, 0.1) is 42.9 Å². The van der Waals surface area contributed by atoms with Crippen molar-refractivity contribution in [3.8, 4) is 16.3 Å². The second-order valence-electron chi connectivity index (χ2n) is 5.40. The summed E-state index contributed by atoms with van der Waals surface area (Å²) in [5.41, 5.74) is 1.37. The first-order valence-electron chi connectivity index (χ1n) is 7.82. The van der Waals surface area contributed by atoms with Crippen molar-refractivity contribution < 1.29 is 23.0 Å². The molecule has 0 aliphatic heterocycles. The zero-order valence-corrected chi connectivity index (χ0v) is 18.0. The Hall–Kier alpha value is -2.27. The molecule has 0 radical (unpaired) electrons. The highest BCUT2D eigenvalue weighted by Gasteiger charge is 2.20. The van der Waals surface area contributed by atoms with Gasteiger partial charge in [-0.1, -0.05) is 39.4 Å². The van der Waals surface area contributed by atoms with Crippen LogP contribution in [0.25, 0.3) is 10.6 Å². The van der Waals surface area contributed by atoms with Crippen molar-refractivity contribution in [1.82, 2.24) is 4.98 Å². The minimum atomic E-state index is -2.63. The van der Waals surface area contributed by atoms with Gasteiger partial charge in [0.25, 0.3) is 0 Å². The smallest absolute Gasteiger partial charge is 0.337 e. The van der Waals surface area contributed by atoms with Gasteiger partial charge in [-0.15, -0.1) is 0 Å². The Morgan fingerprint density at radius 2 is 1.93 bits per heavy atom. The van der Waals surface area contributed by atoms with Crippen LogP contribution in [0.3, 0.4) is 0 Å². The van der Waals surface area contributed by atoms with Crippen molar-refractivity contribution >= 4 is 55.2 Å². The van der Waals surface area contributed by atoms with Crippen LogP contribution in [0.5, 0.6) is 5.75 Å². The lowest BCUT2D eigenvalue weighted by Gasteiger charge is -2.26. The minimum absolute atomic E-state index is 0.214. The summed E-state index contributed by atoms with van der Waals surface area (Å²) in [5.74, 6) is -0.333. The number of ether oxygens (including phenoxy) is 2. The summed E-state index contributed by atoms with van der Waals surface area (Å²) < 4.78 is 36.0. The van der Waals surface area contributed by atoms with Crippen LogP contribution in [0.15, 0.2) is 53.1 Å². The molecule has 0 bridgehead atoms. The molecule has 0 fully saturated rings. The van der Waals surface area contributed by atoms with E-state index >= 15 is 0 Å². The van der Waals surface area contributed by atoms with E-state index < -0.39 is 17.2 Å². The molecule has 1 unspecified atom stereocenters. The molecule has 10 heteroatoms. The number of rotatable bonds is 6. The first kappa shape index (κ1) is 20.5. The predicted octanol–water partition coefficient (Wildman–Crippen LogP) is 4.30. The average Bonchev–Trinajstić information content (AvgIpc) is 3.17. The molecule has 0 aliphatic rings. The lowest BCUT2D eigenvalue weighted by molar-refractivity contribution is 0.0600. The molecule has 0 aliphatic carbocycles. The third-order valence-corrected chi connectivity index (χ3v) is 6.12. The summed E-state index contributed by atoms with van der Waals surface area (Å²) in [7, 11) is 2.66. The fourth-order valence-corrected chi connectivity index (χ4v) is 4.36. The van der Waals surface area contributed by atoms with E-state index in [1.54, 1.807) is 0 Å². The number of thiazole rings is 1. The summed E-state index contributed by atoms with van der Waals surface area (Å²) in [4.78, 5) is 16.1. The number of aromatic nitrogens is 1. The van der Waals surface area contributed by atoms with Crippen LogP contribution >= 0.6 is 27.3 Å². The molecule has 1 heterocycles. The van der Waals surface area contributed by atoms with Crippen LogP contribution < -0.4 is 9.04 Å². The van der Waals surface area contributed by atoms with Gasteiger partial charge in [0.2, 0.25) is 0 Å². The van der Waals surface area contributed by atoms with Crippen molar-refractivity contribution in [3.05, 3.63) is 58.7 Å². The predicted molar refractivity (Wildman–Crippen MR) is 111 cm³/mol. The maximum atomic E-state index is 12.0. The second kappa shape index (κ2) is 8.82. The zero-order valence-electron chi connectivity index (χ0n) is 14.7. The van der Waals surface area contributed by atoms with E-state index in [0.717, 1.165) is 14.3 Å². The number of anilines is 2. The van der Waals surface area contributed by atoms with Gasteiger partial charge >= 0.3 is 5.97 Å². The number of esters is 1. The standard InChI is InChI=1S/C18H15BrN2O5S2/c1-25-15-9-12(18(22)26-2)5-8-14(15)21(28(23)24)16-10-20-17(27-16)11-3-6-13(19)7-4-11/h3-10H,1-2H3,(H,23,24)/p-1. The van der Waals surface area contributed by atoms with Crippen molar-refractivity contribution in [2.45, 2.75) is 0 Å². The Labute approximate surface area is 176 Å². The Morgan fingerprint density at radius 3 is 2.54 bits per heavy atom. The lowest BCUT2D eigenvalue weighted by atomic mass is 10.2. The Morgan fingerprint density at radius 1 is 1.21 bits per heavy atom. The Bertz CT molecular complexity index is 1020. The summed E-state index contributed by atoms with van der Waals surface area (Å²) >= 11 is 1.96. The molecule has 3 rings (SSSR count). The SMILES string of the molecule is COC(=O)c1ccc(N(c2cnc(-c3ccc(Br)cc3)s2)S(=O)[O-])c(OC)c1. The van der Waals surface area contributed by atoms with E-state index in [4.69, 9.17) is 4.74 Å². The fourth-order valence-electron chi connectivity index (χ4n) is 2.45. The van der Waals surface area contributed by atoms with E-state index in [-0.39, 0.29) is 17.0 Å². The molecule has 7 nitrogen and oxygen atoms in total. The number of methoxy groups -OCH3 is 2. The van der Waals surface area contributed by atoms with Gasteiger partial charge in [-0.05, 0) is 30.3 Å². The van der Waals surface area contributed by atoms with Gasteiger partial charge < -0.3 is 14.0 Å². The molecular weight excluding hydrogens is 468 g/mol. The molecule has 1 atom stereocenters. The maximum Gasteiger partial charge on any atom is 0.337 e. The lowest BCUT2D eigenvalue weighted by Crippen LogP contribution is -2.19. The monoisotopic (exact) mass is 481 g/mol. The maximum absolute atomic E-state index is 12.0. The molecule has 0 spiro atoms. The summed E-state index contributed by atoms with van der Waals surface area (Å²) in [6, 6.07) is 11.9. The minimum Gasteiger partial charge on any atom is -0.755 e. The first-order chi connectivity index (χ1) is 13.4. The summed E-state index contributed by atoms with van der Waals surface area (Å²) in [6.07, 6.45) is 1.48. The van der Waals surface area contributed by atoms with Crippen molar-refractivity contribution in [2.24, 2.45) is 0 Å².